The molecule has 0 unspecified atom stereocenters. The summed E-state index contributed by atoms with van der Waals surface area (Å²) in [5.41, 5.74) is 5.81. The summed E-state index contributed by atoms with van der Waals surface area (Å²) in [6.07, 6.45) is 0.407. The Morgan fingerprint density at radius 1 is 0.484 bits per heavy atom. The van der Waals surface area contributed by atoms with Crippen LogP contribution in [-0.2, 0) is 71.4 Å². The standard InChI is InChI=1S/C50H41F3N2O7S2/c1-32-43(24-36-10-6-12-41(22-36)63(58,59)30-34-8-4-3-5-9-34)45-26-39(52)18-20-47(45)54(32)28-49(56)62-50(57)29-55-33(2)44(46-27-40(53)19-21-48(46)55)25-37-11-7-13-42(23-37)64(60,61)31-35-14-16-38(51)17-15-35/h3-23,26-27H,24-25,28-31H2,1-2H3. The minimum absolute atomic E-state index is 0.0612. The van der Waals surface area contributed by atoms with E-state index in [1.54, 1.807) is 77.6 Å². The molecule has 9 nitrogen and oxygen atoms in total. The Kier molecular flexibility index (Phi) is 12.2. The quantitative estimate of drug-likeness (QED) is 0.0788. The SMILES string of the molecule is Cc1c(Cc2cccc(S(=O)(=O)Cc3ccccc3)c2)c2cc(F)ccc2n1CC(=O)OC(=O)Cn1c(C)c(Cc2cccc(S(=O)(=O)Cc3ccc(F)cc3)c2)c2cc(F)ccc21. The van der Waals surface area contributed by atoms with Gasteiger partial charge in [0.15, 0.2) is 19.7 Å². The number of hydrogen-bond acceptors (Lipinski definition) is 7. The van der Waals surface area contributed by atoms with Crippen LogP contribution in [0, 0.1) is 31.3 Å². The first-order chi connectivity index (χ1) is 30.5. The van der Waals surface area contributed by atoms with Gasteiger partial charge in [-0.2, -0.15) is 0 Å². The molecule has 8 aromatic rings. The number of esters is 2. The number of hydrogen-bond donors (Lipinski definition) is 0. The van der Waals surface area contributed by atoms with Crippen LogP contribution in [0.25, 0.3) is 21.8 Å². The molecule has 64 heavy (non-hydrogen) atoms. The molecule has 2 aromatic heterocycles. The predicted molar refractivity (Wildman–Crippen MR) is 237 cm³/mol. The van der Waals surface area contributed by atoms with Crippen molar-refractivity contribution in [2.24, 2.45) is 0 Å². The second-order valence-corrected chi connectivity index (χ2v) is 19.7. The van der Waals surface area contributed by atoms with Crippen LogP contribution in [0.2, 0.25) is 0 Å². The summed E-state index contributed by atoms with van der Waals surface area (Å²) in [4.78, 5) is 27.2. The lowest BCUT2D eigenvalue weighted by Gasteiger charge is -2.11. The highest BCUT2D eigenvalue weighted by atomic mass is 32.2. The first-order valence-corrected chi connectivity index (χ1v) is 23.5. The van der Waals surface area contributed by atoms with E-state index in [4.69, 9.17) is 4.74 Å². The van der Waals surface area contributed by atoms with Crippen molar-refractivity contribution in [2.45, 2.75) is 61.1 Å². The Balaban J connectivity index is 1.00. The van der Waals surface area contributed by atoms with Gasteiger partial charge < -0.3 is 13.9 Å². The number of fused-ring (bicyclic) bond motifs is 2. The molecule has 0 aliphatic rings. The highest BCUT2D eigenvalue weighted by Crippen LogP contribution is 2.32. The van der Waals surface area contributed by atoms with Crippen molar-refractivity contribution < 1.29 is 44.3 Å². The van der Waals surface area contributed by atoms with Crippen LogP contribution in [0.4, 0.5) is 13.2 Å². The van der Waals surface area contributed by atoms with Crippen molar-refractivity contribution in [3.8, 4) is 0 Å². The van der Waals surface area contributed by atoms with E-state index >= 15 is 0 Å². The van der Waals surface area contributed by atoms with E-state index in [-0.39, 0.29) is 34.1 Å². The number of benzene rings is 6. The van der Waals surface area contributed by atoms with Gasteiger partial charge in [0.25, 0.3) is 0 Å². The third kappa shape index (κ3) is 9.43. The third-order valence-corrected chi connectivity index (χ3v) is 14.8. The van der Waals surface area contributed by atoms with Gasteiger partial charge in [-0.1, -0.05) is 66.7 Å². The van der Waals surface area contributed by atoms with E-state index in [1.807, 2.05) is 6.07 Å². The Hall–Kier alpha value is -6.77. The fourth-order valence-electron chi connectivity index (χ4n) is 8.22. The second kappa shape index (κ2) is 17.8. The van der Waals surface area contributed by atoms with Crippen LogP contribution >= 0.6 is 0 Å². The number of halogens is 3. The predicted octanol–water partition coefficient (Wildman–Crippen LogP) is 9.53. The van der Waals surface area contributed by atoms with Gasteiger partial charge in [-0.25, -0.2) is 39.6 Å². The molecule has 0 aliphatic heterocycles. The molecular formula is C50H41F3N2O7S2. The summed E-state index contributed by atoms with van der Waals surface area (Å²) < 4.78 is 105. The fourth-order valence-corrected chi connectivity index (χ4v) is 11.0. The summed E-state index contributed by atoms with van der Waals surface area (Å²) in [5, 5.41) is 1.00. The van der Waals surface area contributed by atoms with Crippen molar-refractivity contribution >= 4 is 53.4 Å². The monoisotopic (exact) mass is 902 g/mol. The highest BCUT2D eigenvalue weighted by Gasteiger charge is 2.24. The minimum atomic E-state index is -3.81. The summed E-state index contributed by atoms with van der Waals surface area (Å²) in [6.45, 7) is 2.69. The van der Waals surface area contributed by atoms with Gasteiger partial charge in [-0.15, -0.1) is 0 Å². The molecule has 0 fully saturated rings. The van der Waals surface area contributed by atoms with Gasteiger partial charge in [-0.3, -0.25) is 0 Å². The molecule has 0 radical (unpaired) electrons. The molecule has 0 atom stereocenters. The van der Waals surface area contributed by atoms with E-state index in [0.29, 0.717) is 66.6 Å². The Labute approximate surface area is 368 Å². The normalized spacial score (nSPS) is 12.0. The van der Waals surface area contributed by atoms with E-state index in [2.05, 4.69) is 0 Å². The van der Waals surface area contributed by atoms with Crippen molar-refractivity contribution in [2.75, 3.05) is 0 Å². The van der Waals surface area contributed by atoms with Crippen LogP contribution in [-0.4, -0.2) is 37.9 Å². The van der Waals surface area contributed by atoms with Gasteiger partial charge in [0.2, 0.25) is 0 Å². The molecule has 0 amide bonds. The molecular weight excluding hydrogens is 862 g/mol. The zero-order valence-electron chi connectivity index (χ0n) is 34.7. The number of sulfone groups is 2. The number of carbonyl (C=O) groups excluding carboxylic acids is 2. The number of carbonyl (C=O) groups is 2. The van der Waals surface area contributed by atoms with E-state index in [0.717, 1.165) is 0 Å². The second-order valence-electron chi connectivity index (χ2n) is 15.7. The van der Waals surface area contributed by atoms with Crippen molar-refractivity contribution in [3.63, 3.8) is 0 Å². The van der Waals surface area contributed by atoms with Gasteiger partial charge in [0.05, 0.1) is 21.3 Å². The lowest BCUT2D eigenvalue weighted by Crippen LogP contribution is -2.22. The van der Waals surface area contributed by atoms with Gasteiger partial charge >= 0.3 is 11.9 Å². The zero-order valence-corrected chi connectivity index (χ0v) is 36.4. The lowest BCUT2D eigenvalue weighted by molar-refractivity contribution is -0.160. The van der Waals surface area contributed by atoms with Crippen LogP contribution in [0.15, 0.2) is 149 Å². The first-order valence-electron chi connectivity index (χ1n) is 20.2. The summed E-state index contributed by atoms with van der Waals surface area (Å²) in [5.74, 6) is -3.77. The topological polar surface area (TPSA) is 122 Å². The molecule has 0 saturated carbocycles. The van der Waals surface area contributed by atoms with Crippen LogP contribution in [0.1, 0.15) is 44.8 Å². The van der Waals surface area contributed by atoms with Crippen LogP contribution < -0.4 is 0 Å². The van der Waals surface area contributed by atoms with Crippen LogP contribution in [0.3, 0.4) is 0 Å². The van der Waals surface area contributed by atoms with Crippen LogP contribution in [0.5, 0.6) is 0 Å². The Morgan fingerprint density at radius 3 is 1.34 bits per heavy atom. The summed E-state index contributed by atoms with van der Waals surface area (Å²) in [6, 6.07) is 35.3. The molecule has 2 heterocycles. The number of rotatable bonds is 14. The van der Waals surface area contributed by atoms with Crippen molar-refractivity contribution in [3.05, 3.63) is 202 Å². The van der Waals surface area contributed by atoms with Crippen molar-refractivity contribution in [1.29, 1.82) is 0 Å². The minimum Gasteiger partial charge on any atom is -0.390 e. The molecule has 0 N–H and O–H groups in total. The molecule has 0 bridgehead atoms. The molecule has 0 saturated heterocycles. The smallest absolute Gasteiger partial charge is 0.333 e. The zero-order chi connectivity index (χ0) is 45.3. The highest BCUT2D eigenvalue weighted by molar-refractivity contribution is 7.91. The van der Waals surface area contributed by atoms with Gasteiger partial charge in [-0.05, 0) is 133 Å². The Morgan fingerprint density at radius 2 is 0.891 bits per heavy atom. The maximum absolute atomic E-state index is 14.7. The lowest BCUT2D eigenvalue weighted by atomic mass is 10.0. The molecule has 326 valence electrons. The molecule has 14 heteroatoms. The maximum atomic E-state index is 14.7. The molecule has 6 aromatic carbocycles. The number of nitrogens with zero attached hydrogens (tertiary/aromatic N) is 2. The third-order valence-electron chi connectivity index (χ3n) is 11.4. The summed E-state index contributed by atoms with van der Waals surface area (Å²) in [7, 11) is -7.49. The molecule has 0 spiro atoms. The van der Waals surface area contributed by atoms with Gasteiger partial charge in [0, 0.05) is 33.2 Å². The van der Waals surface area contributed by atoms with E-state index in [1.165, 1.54) is 78.9 Å². The van der Waals surface area contributed by atoms with E-state index < -0.39 is 62.2 Å². The van der Waals surface area contributed by atoms with Crippen molar-refractivity contribution in [1.82, 2.24) is 9.13 Å². The fraction of sp³-hybridized carbons (Fsp3) is 0.160. The summed E-state index contributed by atoms with van der Waals surface area (Å²) >= 11 is 0. The average Bonchev–Trinajstić information content (AvgIpc) is 3.65. The maximum Gasteiger partial charge on any atom is 0.333 e. The molecule has 8 rings (SSSR count). The first kappa shape index (κ1) is 43.9. The van der Waals surface area contributed by atoms with E-state index in [9.17, 15) is 39.6 Å². The van der Waals surface area contributed by atoms with Gasteiger partial charge in [0.1, 0.15) is 30.5 Å². The number of ether oxygens (including phenoxy) is 1. The largest absolute Gasteiger partial charge is 0.390 e. The number of aromatic nitrogens is 2. The molecule has 0 aliphatic carbocycles. The Bertz CT molecular complexity index is 3330. The average molecular weight is 903 g/mol.